The fourth-order valence-electron chi connectivity index (χ4n) is 2.96. The van der Waals surface area contributed by atoms with Gasteiger partial charge in [-0.3, -0.25) is 0 Å². The van der Waals surface area contributed by atoms with Crippen LogP contribution in [-0.4, -0.2) is 0 Å². The molecule has 0 spiro atoms. The van der Waals surface area contributed by atoms with Crippen LogP contribution in [0.3, 0.4) is 0 Å². The largest absolute Gasteiger partial charge is 0.207 e. The maximum atomic E-state index is 13.9. The van der Waals surface area contributed by atoms with Crippen LogP contribution in [0.5, 0.6) is 0 Å². The van der Waals surface area contributed by atoms with Crippen LogP contribution >= 0.6 is 0 Å². The number of benzene rings is 2. The molecule has 1 saturated carbocycles. The fraction of sp³-hybridized carbons (Fsp3) is 0.235. The Bertz CT molecular complexity index is 621. The van der Waals surface area contributed by atoms with Crippen molar-refractivity contribution in [1.29, 1.82) is 5.26 Å². The zero-order chi connectivity index (χ0) is 13.3. The molecule has 0 radical (unpaired) electrons. The molecule has 0 aliphatic heterocycles. The fourth-order valence-corrected chi connectivity index (χ4v) is 2.96. The Morgan fingerprint density at radius 2 is 1.63 bits per heavy atom. The van der Waals surface area contributed by atoms with Gasteiger partial charge < -0.3 is 0 Å². The summed E-state index contributed by atoms with van der Waals surface area (Å²) in [5.74, 6) is 0.0935. The Morgan fingerprint density at radius 1 is 1.00 bits per heavy atom. The molecular formula is C17H14FN. The number of hydrogen-bond donors (Lipinski definition) is 0. The van der Waals surface area contributed by atoms with E-state index in [-0.39, 0.29) is 5.82 Å². The van der Waals surface area contributed by atoms with E-state index in [4.69, 9.17) is 0 Å². The topological polar surface area (TPSA) is 23.8 Å². The van der Waals surface area contributed by atoms with Crippen molar-refractivity contribution >= 4 is 0 Å². The van der Waals surface area contributed by atoms with Crippen molar-refractivity contribution < 1.29 is 4.39 Å². The monoisotopic (exact) mass is 251 g/mol. The summed E-state index contributed by atoms with van der Waals surface area (Å²) in [7, 11) is 0. The molecule has 1 aliphatic carbocycles. The zero-order valence-electron chi connectivity index (χ0n) is 10.5. The van der Waals surface area contributed by atoms with Crippen LogP contribution in [0.15, 0.2) is 54.6 Å². The number of nitriles is 1. The van der Waals surface area contributed by atoms with Crippen LogP contribution in [0, 0.1) is 17.1 Å². The second-order valence-corrected chi connectivity index (χ2v) is 5.19. The lowest BCUT2D eigenvalue weighted by Gasteiger charge is -2.43. The first-order valence-electron chi connectivity index (χ1n) is 6.46. The minimum atomic E-state index is -0.647. The van der Waals surface area contributed by atoms with E-state index in [0.717, 1.165) is 0 Å². The van der Waals surface area contributed by atoms with Gasteiger partial charge in [0.1, 0.15) is 5.82 Å². The van der Waals surface area contributed by atoms with Gasteiger partial charge in [0.2, 0.25) is 0 Å². The predicted molar refractivity (Wildman–Crippen MR) is 72.1 cm³/mol. The predicted octanol–water partition coefficient (Wildman–Crippen LogP) is 4.16. The van der Waals surface area contributed by atoms with E-state index in [2.05, 4.69) is 18.2 Å². The summed E-state index contributed by atoms with van der Waals surface area (Å²) in [5.41, 5.74) is 1.14. The Morgan fingerprint density at radius 3 is 2.26 bits per heavy atom. The number of hydrogen-bond acceptors (Lipinski definition) is 1. The third kappa shape index (κ3) is 1.92. The van der Waals surface area contributed by atoms with Gasteiger partial charge in [-0.15, -0.1) is 0 Å². The van der Waals surface area contributed by atoms with E-state index in [1.54, 1.807) is 18.2 Å². The molecule has 2 aromatic rings. The minimum absolute atomic E-state index is 0.268. The molecule has 1 nitrogen and oxygen atoms in total. The first-order chi connectivity index (χ1) is 9.25. The van der Waals surface area contributed by atoms with Crippen LogP contribution in [0.2, 0.25) is 0 Å². The standard InChI is InChI=1S/C17H14FN/c18-16-9-5-4-8-15(16)17(12-19)10-14(11-17)13-6-2-1-3-7-13/h1-9,14H,10-11H2. The summed E-state index contributed by atoms with van der Waals surface area (Å²) in [6.45, 7) is 0. The molecule has 19 heavy (non-hydrogen) atoms. The average Bonchev–Trinajstić information content (AvgIpc) is 2.41. The highest BCUT2D eigenvalue weighted by Crippen LogP contribution is 2.52. The van der Waals surface area contributed by atoms with E-state index in [1.165, 1.54) is 11.6 Å². The summed E-state index contributed by atoms with van der Waals surface area (Å²) in [6.07, 6.45) is 1.41. The van der Waals surface area contributed by atoms with E-state index in [0.29, 0.717) is 24.3 Å². The van der Waals surface area contributed by atoms with Crippen molar-refractivity contribution in [3.8, 4) is 6.07 Å². The quantitative estimate of drug-likeness (QED) is 0.786. The first-order valence-corrected chi connectivity index (χ1v) is 6.46. The molecule has 0 atom stereocenters. The van der Waals surface area contributed by atoms with Crippen LogP contribution in [-0.2, 0) is 5.41 Å². The number of halogens is 1. The molecule has 1 fully saturated rings. The third-order valence-corrected chi connectivity index (χ3v) is 4.06. The molecule has 0 bridgehead atoms. The first kappa shape index (κ1) is 11.9. The molecule has 0 N–H and O–H groups in total. The number of rotatable bonds is 2. The minimum Gasteiger partial charge on any atom is -0.207 e. The second kappa shape index (κ2) is 4.51. The molecule has 1 aliphatic rings. The average molecular weight is 251 g/mol. The van der Waals surface area contributed by atoms with Gasteiger partial charge in [-0.2, -0.15) is 5.26 Å². The van der Waals surface area contributed by atoms with E-state index >= 15 is 0 Å². The summed E-state index contributed by atoms with van der Waals surface area (Å²) in [5, 5.41) is 9.46. The summed E-state index contributed by atoms with van der Waals surface area (Å²) >= 11 is 0. The van der Waals surface area contributed by atoms with Crippen LogP contribution in [0.25, 0.3) is 0 Å². The Kier molecular flexibility index (Phi) is 2.83. The van der Waals surface area contributed by atoms with Crippen molar-refractivity contribution in [1.82, 2.24) is 0 Å². The van der Waals surface area contributed by atoms with Crippen molar-refractivity contribution in [2.75, 3.05) is 0 Å². The molecular weight excluding hydrogens is 237 g/mol. The van der Waals surface area contributed by atoms with E-state index < -0.39 is 5.41 Å². The Balaban J connectivity index is 1.87. The summed E-state index contributed by atoms with van der Waals surface area (Å²) in [4.78, 5) is 0. The van der Waals surface area contributed by atoms with E-state index in [1.807, 2.05) is 18.2 Å². The molecule has 2 aromatic carbocycles. The van der Waals surface area contributed by atoms with Crippen molar-refractivity contribution in [3.05, 3.63) is 71.5 Å². The molecule has 0 aromatic heterocycles. The molecule has 0 saturated heterocycles. The van der Waals surface area contributed by atoms with Gasteiger partial charge in [0.05, 0.1) is 11.5 Å². The van der Waals surface area contributed by atoms with Gasteiger partial charge in [0, 0.05) is 5.56 Å². The van der Waals surface area contributed by atoms with Gasteiger partial charge >= 0.3 is 0 Å². The summed E-state index contributed by atoms with van der Waals surface area (Å²) in [6, 6.07) is 19.1. The van der Waals surface area contributed by atoms with Crippen LogP contribution in [0.4, 0.5) is 4.39 Å². The Hall–Kier alpha value is -2.14. The highest BCUT2D eigenvalue weighted by molar-refractivity contribution is 5.41. The summed E-state index contributed by atoms with van der Waals surface area (Å²) < 4.78 is 13.9. The lowest BCUT2D eigenvalue weighted by atomic mass is 9.57. The van der Waals surface area contributed by atoms with Gasteiger partial charge in [-0.25, -0.2) is 4.39 Å². The van der Waals surface area contributed by atoms with Gasteiger partial charge in [0.15, 0.2) is 0 Å². The Labute approximate surface area is 112 Å². The van der Waals surface area contributed by atoms with Gasteiger partial charge in [-0.1, -0.05) is 48.5 Å². The SMILES string of the molecule is N#CC1(c2ccccc2F)CC(c2ccccc2)C1. The third-order valence-electron chi connectivity index (χ3n) is 4.06. The molecule has 0 heterocycles. The normalized spacial score (nSPS) is 25.4. The highest BCUT2D eigenvalue weighted by Gasteiger charge is 2.47. The van der Waals surface area contributed by atoms with Crippen LogP contribution in [0.1, 0.15) is 29.9 Å². The smallest absolute Gasteiger partial charge is 0.128 e. The van der Waals surface area contributed by atoms with Crippen molar-refractivity contribution in [3.63, 3.8) is 0 Å². The zero-order valence-corrected chi connectivity index (χ0v) is 10.5. The van der Waals surface area contributed by atoms with Crippen molar-refractivity contribution in [2.45, 2.75) is 24.2 Å². The molecule has 0 unspecified atom stereocenters. The maximum absolute atomic E-state index is 13.9. The lowest BCUT2D eigenvalue weighted by molar-refractivity contribution is 0.262. The van der Waals surface area contributed by atoms with Gasteiger partial charge in [-0.05, 0) is 30.4 Å². The number of nitrogens with zero attached hydrogens (tertiary/aromatic N) is 1. The highest BCUT2D eigenvalue weighted by atomic mass is 19.1. The molecule has 3 rings (SSSR count). The molecule has 0 amide bonds. The molecule has 94 valence electrons. The van der Waals surface area contributed by atoms with E-state index in [9.17, 15) is 9.65 Å². The van der Waals surface area contributed by atoms with Crippen molar-refractivity contribution in [2.24, 2.45) is 0 Å². The van der Waals surface area contributed by atoms with Crippen LogP contribution < -0.4 is 0 Å². The molecule has 2 heteroatoms. The second-order valence-electron chi connectivity index (χ2n) is 5.19. The van der Waals surface area contributed by atoms with Gasteiger partial charge in [0.25, 0.3) is 0 Å². The maximum Gasteiger partial charge on any atom is 0.128 e. The lowest BCUT2D eigenvalue weighted by Crippen LogP contribution is -2.39.